The molecule has 4 unspecified atom stereocenters. The number of carbonyl (C=O) groups is 4. The second kappa shape index (κ2) is 4.54. The third-order valence-corrected chi connectivity index (χ3v) is 3.08. The van der Waals surface area contributed by atoms with E-state index < -0.39 is 49.0 Å². The van der Waals surface area contributed by atoms with Crippen molar-refractivity contribution in [1.82, 2.24) is 0 Å². The van der Waals surface area contributed by atoms with E-state index >= 15 is 0 Å². The first-order valence-electron chi connectivity index (χ1n) is 5.69. The maximum atomic E-state index is 11.1. The van der Waals surface area contributed by atoms with Crippen LogP contribution in [0.3, 0.4) is 0 Å². The average molecular weight is 288 g/mol. The van der Waals surface area contributed by atoms with Crippen molar-refractivity contribution in [1.29, 1.82) is 0 Å². The zero-order valence-corrected chi connectivity index (χ0v) is 9.81. The lowest BCUT2D eigenvalue weighted by Crippen LogP contribution is -2.48. The van der Waals surface area contributed by atoms with E-state index in [9.17, 15) is 19.2 Å². The quantitative estimate of drug-likeness (QED) is 0.360. The summed E-state index contributed by atoms with van der Waals surface area (Å²) in [7, 11) is 0. The Hall–Kier alpha value is -2.52. The number of hydrogen-bond donors (Lipinski definition) is 0. The zero-order chi connectivity index (χ0) is 14.3. The molecule has 2 heterocycles. The first-order valence-corrected chi connectivity index (χ1v) is 5.69. The largest absolute Gasteiger partial charge is 0.518 e. The molecule has 10 nitrogen and oxygen atoms in total. The minimum atomic E-state index is -1.20. The molecule has 0 aromatic heterocycles. The van der Waals surface area contributed by atoms with Gasteiger partial charge in [-0.25, -0.2) is 19.2 Å². The van der Waals surface area contributed by atoms with Crippen LogP contribution < -0.4 is 0 Å². The normalized spacial score (nSPS) is 36.4. The van der Waals surface area contributed by atoms with Crippen LogP contribution in [0.1, 0.15) is 12.8 Å². The van der Waals surface area contributed by atoms with Crippen LogP contribution in [0.25, 0.3) is 0 Å². The lowest BCUT2D eigenvalue weighted by atomic mass is 9.89. The van der Waals surface area contributed by atoms with Gasteiger partial charge >= 0.3 is 24.6 Å². The highest BCUT2D eigenvalue weighted by Crippen LogP contribution is 2.32. The van der Waals surface area contributed by atoms with Crippen molar-refractivity contribution in [3.63, 3.8) is 0 Å². The van der Waals surface area contributed by atoms with Gasteiger partial charge in [0.2, 0.25) is 0 Å². The van der Waals surface area contributed by atoms with Gasteiger partial charge in [-0.1, -0.05) is 0 Å². The summed E-state index contributed by atoms with van der Waals surface area (Å²) in [5.74, 6) is 0. The molecular formula is C10H8O10. The number of hydrogen-bond acceptors (Lipinski definition) is 10. The van der Waals surface area contributed by atoms with Gasteiger partial charge in [0.15, 0.2) is 0 Å². The first kappa shape index (κ1) is 12.5. The molecule has 20 heavy (non-hydrogen) atoms. The highest BCUT2D eigenvalue weighted by Gasteiger charge is 2.49. The van der Waals surface area contributed by atoms with Crippen molar-refractivity contribution in [3.8, 4) is 0 Å². The predicted octanol–water partition coefficient (Wildman–Crippen LogP) is 0.861. The molecule has 2 aliphatic heterocycles. The number of fused-ring (bicyclic) bond motifs is 2. The van der Waals surface area contributed by atoms with E-state index in [0.29, 0.717) is 0 Å². The van der Waals surface area contributed by atoms with Gasteiger partial charge in [0.25, 0.3) is 0 Å². The zero-order valence-electron chi connectivity index (χ0n) is 9.81. The smallest absolute Gasteiger partial charge is 0.426 e. The minimum absolute atomic E-state index is 0.0138. The molecule has 0 N–H and O–H groups in total. The highest BCUT2D eigenvalue weighted by atomic mass is 16.8. The van der Waals surface area contributed by atoms with Gasteiger partial charge in [-0.15, -0.1) is 0 Å². The summed E-state index contributed by atoms with van der Waals surface area (Å²) >= 11 is 0. The van der Waals surface area contributed by atoms with Gasteiger partial charge in [-0.05, 0) is 0 Å². The summed E-state index contributed by atoms with van der Waals surface area (Å²) in [4.78, 5) is 44.5. The molecule has 10 heteroatoms. The molecule has 0 radical (unpaired) electrons. The number of carbonyl (C=O) groups excluding carboxylic acids is 4. The van der Waals surface area contributed by atoms with Gasteiger partial charge in [-0.2, -0.15) is 0 Å². The molecule has 1 saturated carbocycles. The van der Waals surface area contributed by atoms with Gasteiger partial charge in [0.1, 0.15) is 24.4 Å². The third kappa shape index (κ3) is 2.31. The van der Waals surface area contributed by atoms with Crippen molar-refractivity contribution in [2.45, 2.75) is 37.3 Å². The lowest BCUT2D eigenvalue weighted by Gasteiger charge is -2.34. The Morgan fingerprint density at radius 2 is 0.800 bits per heavy atom. The molecule has 108 valence electrons. The highest BCUT2D eigenvalue weighted by molar-refractivity contribution is 5.79. The van der Waals surface area contributed by atoms with E-state index in [4.69, 9.17) is 18.9 Å². The molecule has 3 rings (SSSR count). The molecule has 3 aliphatic rings. The molecule has 1 aliphatic carbocycles. The van der Waals surface area contributed by atoms with Crippen molar-refractivity contribution >= 4 is 24.6 Å². The second-order valence-electron chi connectivity index (χ2n) is 4.30. The Balaban J connectivity index is 1.80. The predicted molar refractivity (Wildman–Crippen MR) is 52.5 cm³/mol. The summed E-state index contributed by atoms with van der Waals surface area (Å²) in [6.45, 7) is 0. The molecule has 2 saturated heterocycles. The Labute approximate surface area is 110 Å². The standard InChI is InChI=1S/C10H8O10/c11-7-15-3-1-4-6(2-5(3)17-9(13)19-7)18-10(14)20-8(12)16-4/h3-6H,1-2H2. The SMILES string of the molecule is O=C1OC(=O)OC2CC3OC(=O)OC(=O)OC3CC2O1. The molecule has 0 aromatic carbocycles. The number of ether oxygens (including phenoxy) is 6. The van der Waals surface area contributed by atoms with Gasteiger partial charge < -0.3 is 28.4 Å². The topological polar surface area (TPSA) is 124 Å². The van der Waals surface area contributed by atoms with Gasteiger partial charge in [0, 0.05) is 12.8 Å². The summed E-state index contributed by atoms with van der Waals surface area (Å²) < 4.78 is 27.8. The molecule has 0 spiro atoms. The van der Waals surface area contributed by atoms with Crippen LogP contribution in [-0.2, 0) is 28.4 Å². The maximum Gasteiger partial charge on any atom is 0.518 e. The van der Waals surface area contributed by atoms with Crippen LogP contribution >= 0.6 is 0 Å². The summed E-state index contributed by atoms with van der Waals surface area (Å²) in [5, 5.41) is 0. The number of rotatable bonds is 0. The molecule has 0 bridgehead atoms. The van der Waals surface area contributed by atoms with E-state index in [1.807, 2.05) is 0 Å². The Bertz CT molecular complexity index is 400. The van der Waals surface area contributed by atoms with Crippen LogP contribution in [0.15, 0.2) is 0 Å². The Kier molecular flexibility index (Phi) is 2.84. The first-order chi connectivity index (χ1) is 9.51. The van der Waals surface area contributed by atoms with Crippen molar-refractivity contribution < 1.29 is 47.6 Å². The Morgan fingerprint density at radius 1 is 0.550 bits per heavy atom. The van der Waals surface area contributed by atoms with Crippen LogP contribution in [0.2, 0.25) is 0 Å². The Morgan fingerprint density at radius 3 is 1.05 bits per heavy atom. The van der Waals surface area contributed by atoms with Crippen molar-refractivity contribution in [2.24, 2.45) is 0 Å². The van der Waals surface area contributed by atoms with Crippen molar-refractivity contribution in [3.05, 3.63) is 0 Å². The monoisotopic (exact) mass is 288 g/mol. The van der Waals surface area contributed by atoms with Crippen LogP contribution in [0.5, 0.6) is 0 Å². The number of cyclic esters (lactones) is 4. The van der Waals surface area contributed by atoms with E-state index in [1.165, 1.54) is 0 Å². The fraction of sp³-hybridized carbons (Fsp3) is 0.600. The molecule has 3 fully saturated rings. The molecule has 4 atom stereocenters. The third-order valence-electron chi connectivity index (χ3n) is 3.08. The maximum absolute atomic E-state index is 11.1. The fourth-order valence-electron chi connectivity index (χ4n) is 2.29. The van der Waals surface area contributed by atoms with Crippen LogP contribution in [0, 0.1) is 0 Å². The fourth-order valence-corrected chi connectivity index (χ4v) is 2.29. The van der Waals surface area contributed by atoms with Crippen LogP contribution in [-0.4, -0.2) is 49.0 Å². The van der Waals surface area contributed by atoms with E-state index in [1.54, 1.807) is 0 Å². The second-order valence-corrected chi connectivity index (χ2v) is 4.30. The summed E-state index contributed by atoms with van der Waals surface area (Å²) in [5.41, 5.74) is 0. The summed E-state index contributed by atoms with van der Waals surface area (Å²) in [6.07, 6.45) is -8.27. The van der Waals surface area contributed by atoms with Gasteiger partial charge in [-0.3, -0.25) is 0 Å². The minimum Gasteiger partial charge on any atom is -0.426 e. The molecular weight excluding hydrogens is 280 g/mol. The lowest BCUT2D eigenvalue weighted by molar-refractivity contribution is -0.0993. The van der Waals surface area contributed by atoms with Crippen LogP contribution in [0.4, 0.5) is 19.2 Å². The van der Waals surface area contributed by atoms with Gasteiger partial charge in [0.05, 0.1) is 0 Å². The summed E-state index contributed by atoms with van der Waals surface area (Å²) in [6, 6.07) is 0. The van der Waals surface area contributed by atoms with E-state index in [0.717, 1.165) is 0 Å². The van der Waals surface area contributed by atoms with E-state index in [2.05, 4.69) is 9.47 Å². The molecule has 0 aromatic rings. The molecule has 0 amide bonds. The van der Waals surface area contributed by atoms with E-state index in [-0.39, 0.29) is 12.8 Å². The van der Waals surface area contributed by atoms with Crippen molar-refractivity contribution in [2.75, 3.05) is 0 Å². The average Bonchev–Trinajstić information content (AvgIpc) is 2.53.